The molecule has 0 radical (unpaired) electrons. The van der Waals surface area contributed by atoms with Gasteiger partial charge in [-0.1, -0.05) is 43.2 Å². The number of benzene rings is 2. The molecule has 9 nitrogen and oxygen atoms in total. The van der Waals surface area contributed by atoms with Crippen LogP contribution in [0, 0.1) is 0 Å². The van der Waals surface area contributed by atoms with Gasteiger partial charge in [-0.25, -0.2) is 0 Å². The molecule has 3 amide bonds. The fourth-order valence-corrected chi connectivity index (χ4v) is 5.13. The number of hydrogen-bond acceptors (Lipinski definition) is 7. The van der Waals surface area contributed by atoms with Gasteiger partial charge in [0, 0.05) is 11.7 Å². The van der Waals surface area contributed by atoms with Crippen LogP contribution < -0.4 is 26.4 Å². The Morgan fingerprint density at radius 3 is 2.36 bits per heavy atom. The molecule has 4 rings (SSSR count). The van der Waals surface area contributed by atoms with Crippen LogP contribution in [0.1, 0.15) is 64.4 Å². The third-order valence-corrected chi connectivity index (χ3v) is 6.97. The summed E-state index contributed by atoms with van der Waals surface area (Å²) < 4.78 is 9.55. The number of para-hydroxylation sites is 1. The van der Waals surface area contributed by atoms with Gasteiger partial charge in [-0.2, -0.15) is 4.37 Å². The highest BCUT2D eigenvalue weighted by Gasteiger charge is 2.37. The summed E-state index contributed by atoms with van der Waals surface area (Å²) >= 11 is 0.783. The number of primary amides is 1. The minimum atomic E-state index is -1.00. The van der Waals surface area contributed by atoms with Crippen molar-refractivity contribution in [1.29, 1.82) is 0 Å². The topological polar surface area (TPSA) is 141 Å². The number of carbonyl (C=O) groups excluding carboxylic acids is 3. The maximum atomic E-state index is 14.0. The Hall–Kier alpha value is -3.92. The van der Waals surface area contributed by atoms with Crippen molar-refractivity contribution in [2.45, 2.75) is 44.7 Å². The quantitative estimate of drug-likeness (QED) is 0.404. The number of amides is 3. The fourth-order valence-electron chi connectivity index (χ4n) is 4.39. The molecule has 0 bridgehead atoms. The number of nitrogens with two attached hydrogens (primary N) is 2. The van der Waals surface area contributed by atoms with E-state index in [2.05, 4.69) is 9.69 Å². The Bertz CT molecular complexity index is 1220. The van der Waals surface area contributed by atoms with Crippen molar-refractivity contribution in [1.82, 2.24) is 9.69 Å². The molecule has 2 aromatic carbocycles. The summed E-state index contributed by atoms with van der Waals surface area (Å²) in [7, 11) is 0. The number of hydrogen-bond donors (Lipinski definition) is 3. The standard InChI is InChI=1S/C26H29N5O4S/c1-2-35-19-14-12-16(13-15-19)22(25(33)29-17-8-6-7-9-17)31(18-10-4-3-5-11-18)26(34)23-20(27)21(24(28)32)30-36-23/h3-5,10-15,17,22H,2,6-9,27H2,1H3,(H2,28,32)(H,29,33)/t22-/m1/s1. The monoisotopic (exact) mass is 507 g/mol. The zero-order valence-corrected chi connectivity index (χ0v) is 20.8. The van der Waals surface area contributed by atoms with Gasteiger partial charge in [0.2, 0.25) is 5.91 Å². The molecule has 5 N–H and O–H groups in total. The Balaban J connectivity index is 1.81. The van der Waals surface area contributed by atoms with Crippen molar-refractivity contribution >= 4 is 40.6 Å². The van der Waals surface area contributed by atoms with Gasteiger partial charge in [-0.05, 0) is 61.1 Å². The van der Waals surface area contributed by atoms with Crippen molar-refractivity contribution < 1.29 is 19.1 Å². The molecule has 1 fully saturated rings. The molecular formula is C26H29N5O4S. The lowest BCUT2D eigenvalue weighted by Gasteiger charge is -2.32. The van der Waals surface area contributed by atoms with Crippen LogP contribution in [0.15, 0.2) is 54.6 Å². The number of carbonyl (C=O) groups is 3. The normalized spacial score (nSPS) is 14.2. The Morgan fingerprint density at radius 2 is 1.78 bits per heavy atom. The van der Waals surface area contributed by atoms with Crippen LogP contribution in [0.5, 0.6) is 5.75 Å². The first-order valence-corrected chi connectivity index (χ1v) is 12.6. The first-order valence-electron chi connectivity index (χ1n) is 11.9. The number of nitrogens with zero attached hydrogens (tertiary/aromatic N) is 2. The molecule has 0 saturated heterocycles. The van der Waals surface area contributed by atoms with Crippen LogP contribution >= 0.6 is 11.5 Å². The summed E-state index contributed by atoms with van der Waals surface area (Å²) in [6.45, 7) is 2.40. The average Bonchev–Trinajstić information content (AvgIpc) is 3.53. The van der Waals surface area contributed by atoms with E-state index in [0.717, 1.165) is 37.2 Å². The number of nitrogen functional groups attached to an aromatic ring is 1. The molecule has 0 aliphatic heterocycles. The number of rotatable bonds is 9. The van der Waals surface area contributed by atoms with Gasteiger partial charge in [0.1, 0.15) is 16.7 Å². The third kappa shape index (κ3) is 5.33. The predicted octanol–water partition coefficient (Wildman–Crippen LogP) is 3.67. The van der Waals surface area contributed by atoms with Crippen LogP contribution in [0.25, 0.3) is 0 Å². The number of aromatic nitrogens is 1. The van der Waals surface area contributed by atoms with Gasteiger partial charge in [0.25, 0.3) is 11.8 Å². The van der Waals surface area contributed by atoms with E-state index in [1.165, 1.54) is 4.90 Å². The maximum Gasteiger partial charge on any atom is 0.273 e. The van der Waals surface area contributed by atoms with Gasteiger partial charge < -0.3 is 21.5 Å². The van der Waals surface area contributed by atoms with E-state index >= 15 is 0 Å². The highest BCUT2D eigenvalue weighted by atomic mass is 32.1. The number of anilines is 2. The summed E-state index contributed by atoms with van der Waals surface area (Å²) in [5.41, 5.74) is 12.3. The zero-order chi connectivity index (χ0) is 25.7. The van der Waals surface area contributed by atoms with Crippen molar-refractivity contribution in [3.8, 4) is 5.75 Å². The second-order valence-electron chi connectivity index (χ2n) is 8.54. The van der Waals surface area contributed by atoms with E-state index in [-0.39, 0.29) is 28.2 Å². The van der Waals surface area contributed by atoms with Crippen LogP contribution in [-0.4, -0.2) is 34.7 Å². The predicted molar refractivity (Wildman–Crippen MR) is 139 cm³/mol. The highest BCUT2D eigenvalue weighted by Crippen LogP contribution is 2.34. The van der Waals surface area contributed by atoms with Gasteiger partial charge in [0.15, 0.2) is 5.69 Å². The van der Waals surface area contributed by atoms with Crippen molar-refractivity contribution in [3.63, 3.8) is 0 Å². The highest BCUT2D eigenvalue weighted by molar-refractivity contribution is 7.09. The molecular weight excluding hydrogens is 478 g/mol. The van der Waals surface area contributed by atoms with E-state index in [0.29, 0.717) is 23.6 Å². The molecule has 1 atom stereocenters. The maximum absolute atomic E-state index is 14.0. The second kappa shape index (κ2) is 11.2. The summed E-state index contributed by atoms with van der Waals surface area (Å²) in [4.78, 5) is 41.0. The van der Waals surface area contributed by atoms with E-state index in [9.17, 15) is 14.4 Å². The fraction of sp³-hybridized carbons (Fsp3) is 0.308. The van der Waals surface area contributed by atoms with Crippen molar-refractivity contribution in [3.05, 3.63) is 70.7 Å². The van der Waals surface area contributed by atoms with Gasteiger partial charge in [0.05, 0.1) is 12.3 Å². The van der Waals surface area contributed by atoms with Gasteiger partial charge in [-0.15, -0.1) is 0 Å². The molecule has 36 heavy (non-hydrogen) atoms. The molecule has 188 valence electrons. The summed E-state index contributed by atoms with van der Waals surface area (Å²) in [6.07, 6.45) is 3.89. The molecule has 1 aliphatic carbocycles. The Kier molecular flexibility index (Phi) is 7.84. The molecule has 3 aromatic rings. The van der Waals surface area contributed by atoms with E-state index in [1.54, 1.807) is 48.5 Å². The minimum absolute atomic E-state index is 0.0391. The molecule has 1 aromatic heterocycles. The summed E-state index contributed by atoms with van der Waals surface area (Å²) in [5, 5.41) is 3.13. The molecule has 0 unspecified atom stereocenters. The molecule has 10 heteroatoms. The lowest BCUT2D eigenvalue weighted by atomic mass is 10.0. The van der Waals surface area contributed by atoms with Crippen LogP contribution in [-0.2, 0) is 4.79 Å². The lowest BCUT2D eigenvalue weighted by molar-refractivity contribution is -0.123. The van der Waals surface area contributed by atoms with E-state index in [4.69, 9.17) is 16.2 Å². The van der Waals surface area contributed by atoms with E-state index < -0.39 is 17.9 Å². The largest absolute Gasteiger partial charge is 0.494 e. The summed E-state index contributed by atoms with van der Waals surface area (Å²) in [5.74, 6) is -1.02. The lowest BCUT2D eigenvalue weighted by Crippen LogP contribution is -2.46. The van der Waals surface area contributed by atoms with Crippen LogP contribution in [0.3, 0.4) is 0 Å². The first kappa shape index (κ1) is 25.2. The van der Waals surface area contributed by atoms with Crippen LogP contribution in [0.2, 0.25) is 0 Å². The third-order valence-electron chi connectivity index (χ3n) is 6.12. The first-order chi connectivity index (χ1) is 17.4. The second-order valence-corrected chi connectivity index (χ2v) is 9.32. The minimum Gasteiger partial charge on any atom is -0.494 e. The van der Waals surface area contributed by atoms with Gasteiger partial charge >= 0.3 is 0 Å². The number of ether oxygens (including phenoxy) is 1. The SMILES string of the molecule is CCOc1ccc([C@H](C(=O)NC2CCCC2)N(C(=O)c2snc(C(N)=O)c2N)c2ccccc2)cc1. The van der Waals surface area contributed by atoms with Gasteiger partial charge in [-0.3, -0.25) is 19.3 Å². The van der Waals surface area contributed by atoms with Crippen molar-refractivity contribution in [2.75, 3.05) is 17.2 Å². The molecule has 1 heterocycles. The number of nitrogens with one attached hydrogen (secondary N) is 1. The Labute approximate surface area is 213 Å². The summed E-state index contributed by atoms with van der Waals surface area (Å²) in [6, 6.07) is 15.0. The van der Waals surface area contributed by atoms with Crippen LogP contribution in [0.4, 0.5) is 11.4 Å². The molecule has 0 spiro atoms. The Morgan fingerprint density at radius 1 is 1.11 bits per heavy atom. The average molecular weight is 508 g/mol. The molecule has 1 saturated carbocycles. The molecule has 1 aliphatic rings. The smallest absolute Gasteiger partial charge is 0.273 e. The van der Waals surface area contributed by atoms with Crippen molar-refractivity contribution in [2.24, 2.45) is 5.73 Å². The van der Waals surface area contributed by atoms with E-state index in [1.807, 2.05) is 13.0 Å². The zero-order valence-electron chi connectivity index (χ0n) is 20.0.